The predicted octanol–water partition coefficient (Wildman–Crippen LogP) is 2.67. The first-order chi connectivity index (χ1) is 13.5. The van der Waals surface area contributed by atoms with E-state index < -0.39 is 9.84 Å². The van der Waals surface area contributed by atoms with Crippen molar-refractivity contribution in [2.45, 2.75) is 44.1 Å². The van der Waals surface area contributed by atoms with Crippen molar-refractivity contribution in [2.75, 3.05) is 22.9 Å². The Morgan fingerprint density at radius 3 is 2.57 bits per heavy atom. The third-order valence-corrected chi connectivity index (χ3v) is 6.41. The summed E-state index contributed by atoms with van der Waals surface area (Å²) >= 11 is 0. The largest absolute Gasteiger partial charge is 0.382 e. The van der Waals surface area contributed by atoms with Crippen LogP contribution in [0.15, 0.2) is 23.5 Å². The monoisotopic (exact) mass is 401 g/mol. The van der Waals surface area contributed by atoms with Crippen LogP contribution in [0, 0.1) is 17.2 Å². The molecule has 10 heteroatoms. The average molecular weight is 401 g/mol. The molecule has 2 N–H and O–H groups in total. The van der Waals surface area contributed by atoms with Crippen LogP contribution >= 0.6 is 0 Å². The van der Waals surface area contributed by atoms with E-state index in [1.807, 2.05) is 6.07 Å². The molecule has 2 aromatic rings. The molecule has 0 spiro atoms. The summed E-state index contributed by atoms with van der Waals surface area (Å²) in [7, 11) is -3.51. The second-order valence-corrected chi connectivity index (χ2v) is 8.95. The van der Waals surface area contributed by atoms with E-state index in [4.69, 9.17) is 5.26 Å². The molecule has 0 amide bonds. The summed E-state index contributed by atoms with van der Waals surface area (Å²) in [4.78, 5) is 8.02. The molecule has 0 saturated heterocycles. The van der Waals surface area contributed by atoms with Crippen molar-refractivity contribution in [3.05, 3.63) is 24.2 Å². The number of nitrogens with one attached hydrogen (secondary N) is 2. The summed E-state index contributed by atoms with van der Waals surface area (Å²) < 4.78 is 24.8. The Morgan fingerprint density at radius 1 is 1.14 bits per heavy atom. The van der Waals surface area contributed by atoms with E-state index in [0.717, 1.165) is 12.8 Å². The molecule has 0 unspecified atom stereocenters. The van der Waals surface area contributed by atoms with Crippen LogP contribution in [-0.2, 0) is 9.84 Å². The van der Waals surface area contributed by atoms with E-state index in [1.54, 1.807) is 13.0 Å². The van der Waals surface area contributed by atoms with Crippen molar-refractivity contribution < 1.29 is 8.42 Å². The Kier molecular flexibility index (Phi) is 6.36. The van der Waals surface area contributed by atoms with Crippen molar-refractivity contribution in [1.82, 2.24) is 20.2 Å². The first kappa shape index (κ1) is 19.9. The average Bonchev–Trinajstić information content (AvgIpc) is 2.73. The van der Waals surface area contributed by atoms with Gasteiger partial charge in [-0.1, -0.05) is 26.2 Å². The summed E-state index contributed by atoms with van der Waals surface area (Å²) in [6.45, 7) is 2.29. The van der Waals surface area contributed by atoms with Crippen molar-refractivity contribution in [3.8, 4) is 6.07 Å². The number of sulfone groups is 1. The predicted molar refractivity (Wildman–Crippen MR) is 105 cm³/mol. The number of nitriles is 1. The number of hydrogen-bond acceptors (Lipinski definition) is 9. The van der Waals surface area contributed by atoms with Crippen molar-refractivity contribution in [1.29, 1.82) is 5.26 Å². The molecule has 148 valence electrons. The van der Waals surface area contributed by atoms with Gasteiger partial charge in [-0.3, -0.25) is 0 Å². The lowest BCUT2D eigenvalue weighted by molar-refractivity contribution is 0.373. The van der Waals surface area contributed by atoms with Gasteiger partial charge >= 0.3 is 0 Å². The Balaban J connectivity index is 1.82. The molecule has 3 rings (SSSR count). The number of nitrogens with zero attached hydrogens (tertiary/aromatic N) is 5. The number of rotatable bonds is 7. The number of hydrogen-bond donors (Lipinski definition) is 2. The number of anilines is 3. The summed E-state index contributed by atoms with van der Waals surface area (Å²) in [5, 5.41) is 22.9. The van der Waals surface area contributed by atoms with E-state index in [0.29, 0.717) is 29.8 Å². The highest BCUT2D eigenvalue weighted by atomic mass is 32.2. The van der Waals surface area contributed by atoms with Gasteiger partial charge in [0.1, 0.15) is 11.9 Å². The van der Waals surface area contributed by atoms with Crippen LogP contribution in [-0.4, -0.2) is 40.9 Å². The fourth-order valence-corrected chi connectivity index (χ4v) is 4.07. The maximum absolute atomic E-state index is 12.4. The molecular weight excluding hydrogens is 378 g/mol. The van der Waals surface area contributed by atoms with E-state index >= 15 is 0 Å². The molecule has 0 aliphatic heterocycles. The van der Waals surface area contributed by atoms with Crippen LogP contribution in [0.5, 0.6) is 0 Å². The normalized spacial score (nSPS) is 15.0. The molecule has 1 aliphatic carbocycles. The lowest BCUT2D eigenvalue weighted by Crippen LogP contribution is -2.20. The zero-order valence-corrected chi connectivity index (χ0v) is 16.5. The summed E-state index contributed by atoms with van der Waals surface area (Å²) in [6.07, 6.45) is 8.74. The van der Waals surface area contributed by atoms with Crippen LogP contribution in [0.1, 0.15) is 44.7 Å². The molecule has 2 aromatic heterocycles. The van der Waals surface area contributed by atoms with Gasteiger partial charge in [0, 0.05) is 12.6 Å². The third-order valence-electron chi connectivity index (χ3n) is 4.76. The molecule has 0 bridgehead atoms. The topological polar surface area (TPSA) is 134 Å². The fourth-order valence-electron chi connectivity index (χ4n) is 3.16. The SMILES string of the molecule is CCS(=O)(=O)c1nnc(Nc2cnc(C#N)cn2)cc1NCC1CCCCC1. The molecule has 2 heterocycles. The molecule has 9 nitrogen and oxygen atoms in total. The van der Waals surface area contributed by atoms with Crippen LogP contribution in [0.25, 0.3) is 0 Å². The summed E-state index contributed by atoms with van der Waals surface area (Å²) in [5.74, 6) is 1.21. The molecule has 0 atom stereocenters. The Hall–Kier alpha value is -2.80. The van der Waals surface area contributed by atoms with Gasteiger partial charge in [0.15, 0.2) is 21.3 Å². The Labute approximate surface area is 164 Å². The summed E-state index contributed by atoms with van der Waals surface area (Å²) in [5.41, 5.74) is 0.641. The molecule has 0 aromatic carbocycles. The molecule has 28 heavy (non-hydrogen) atoms. The van der Waals surface area contributed by atoms with Crippen LogP contribution < -0.4 is 10.6 Å². The highest BCUT2D eigenvalue weighted by Crippen LogP contribution is 2.27. The van der Waals surface area contributed by atoms with Crippen molar-refractivity contribution in [2.24, 2.45) is 5.92 Å². The van der Waals surface area contributed by atoms with Gasteiger partial charge in [0.05, 0.1) is 23.8 Å². The van der Waals surface area contributed by atoms with Crippen LogP contribution in [0.4, 0.5) is 17.3 Å². The van der Waals surface area contributed by atoms with E-state index in [-0.39, 0.29) is 16.5 Å². The highest BCUT2D eigenvalue weighted by molar-refractivity contribution is 7.91. The molecule has 0 radical (unpaired) electrons. The van der Waals surface area contributed by atoms with E-state index in [1.165, 1.54) is 31.7 Å². The standard InChI is InChI=1S/C18H23N7O2S/c1-2-28(26,27)18-15(21-10-13-6-4-3-5-7-13)8-16(24-25-18)23-17-12-20-14(9-19)11-22-17/h8,11-13H,2-7,10H2,1H3,(H2,21,22,23,24). The van der Waals surface area contributed by atoms with Crippen LogP contribution in [0.2, 0.25) is 0 Å². The van der Waals surface area contributed by atoms with Crippen LogP contribution in [0.3, 0.4) is 0 Å². The Bertz CT molecular complexity index is 949. The van der Waals surface area contributed by atoms with Gasteiger partial charge in [-0.05, 0) is 18.8 Å². The van der Waals surface area contributed by atoms with Crippen molar-refractivity contribution in [3.63, 3.8) is 0 Å². The van der Waals surface area contributed by atoms with E-state index in [9.17, 15) is 8.42 Å². The van der Waals surface area contributed by atoms with Gasteiger partial charge in [-0.2, -0.15) is 5.26 Å². The minimum atomic E-state index is -3.51. The zero-order valence-electron chi connectivity index (χ0n) is 15.7. The van der Waals surface area contributed by atoms with Gasteiger partial charge in [0.25, 0.3) is 0 Å². The second kappa shape index (κ2) is 8.93. The third kappa shape index (κ3) is 4.92. The fraction of sp³-hybridized carbons (Fsp3) is 0.500. The number of aromatic nitrogens is 4. The maximum Gasteiger partial charge on any atom is 0.200 e. The minimum absolute atomic E-state index is 0.0396. The maximum atomic E-state index is 12.4. The summed E-state index contributed by atoms with van der Waals surface area (Å²) in [6, 6.07) is 3.52. The lowest BCUT2D eigenvalue weighted by atomic mass is 9.89. The molecule has 1 saturated carbocycles. The van der Waals surface area contributed by atoms with E-state index in [2.05, 4.69) is 30.8 Å². The lowest BCUT2D eigenvalue weighted by Gasteiger charge is -2.22. The van der Waals surface area contributed by atoms with Gasteiger partial charge in [-0.15, -0.1) is 10.2 Å². The quantitative estimate of drug-likeness (QED) is 0.718. The zero-order chi connectivity index (χ0) is 20.0. The first-order valence-electron chi connectivity index (χ1n) is 9.35. The smallest absolute Gasteiger partial charge is 0.200 e. The Morgan fingerprint density at radius 2 is 1.93 bits per heavy atom. The highest BCUT2D eigenvalue weighted by Gasteiger charge is 2.22. The minimum Gasteiger partial charge on any atom is -0.382 e. The molecule has 1 aliphatic rings. The molecular formula is C18H23N7O2S. The van der Waals surface area contributed by atoms with Gasteiger partial charge in [-0.25, -0.2) is 18.4 Å². The first-order valence-corrected chi connectivity index (χ1v) is 11.0. The van der Waals surface area contributed by atoms with Gasteiger partial charge < -0.3 is 10.6 Å². The molecule has 1 fully saturated rings. The van der Waals surface area contributed by atoms with Gasteiger partial charge in [0.2, 0.25) is 5.03 Å². The second-order valence-electron chi connectivity index (χ2n) is 6.76. The van der Waals surface area contributed by atoms with Crippen molar-refractivity contribution >= 4 is 27.2 Å².